The van der Waals surface area contributed by atoms with Crippen molar-refractivity contribution in [2.75, 3.05) is 33.5 Å². The van der Waals surface area contributed by atoms with E-state index in [1.54, 1.807) is 32.2 Å². The number of benzene rings is 4. The van der Waals surface area contributed by atoms with Crippen LogP contribution >= 0.6 is 23.2 Å². The molecule has 2 aliphatic heterocycles. The van der Waals surface area contributed by atoms with Gasteiger partial charge in [-0.3, -0.25) is 9.59 Å². The summed E-state index contributed by atoms with van der Waals surface area (Å²) in [5.74, 6) is 0.707. The fourth-order valence-electron chi connectivity index (χ4n) is 7.14. The first-order chi connectivity index (χ1) is 29.7. The highest BCUT2D eigenvalue weighted by Crippen LogP contribution is 2.45. The highest BCUT2D eigenvalue weighted by atomic mass is 35.5. The average Bonchev–Trinajstić information content (AvgIpc) is 3.27. The van der Waals surface area contributed by atoms with Gasteiger partial charge < -0.3 is 38.3 Å². The van der Waals surface area contributed by atoms with E-state index >= 15 is 0 Å². The number of carbonyl (C=O) groups is 2. The van der Waals surface area contributed by atoms with E-state index < -0.39 is 12.6 Å². The molecular weight excluding hydrogens is 819 g/mol. The van der Waals surface area contributed by atoms with E-state index in [2.05, 4.69) is 6.08 Å². The van der Waals surface area contributed by atoms with Crippen LogP contribution in [0, 0.1) is 11.8 Å². The number of aromatic hydroxyl groups is 1. The van der Waals surface area contributed by atoms with Crippen LogP contribution in [0.2, 0.25) is 10.0 Å². The minimum absolute atomic E-state index is 0.0101. The maximum Gasteiger partial charge on any atom is 0.306 e. The largest absolute Gasteiger partial charge is 0.508 e. The fourth-order valence-corrected chi connectivity index (χ4v) is 7.59. The van der Waals surface area contributed by atoms with Crippen molar-refractivity contribution in [2.45, 2.75) is 77.2 Å². The van der Waals surface area contributed by atoms with Gasteiger partial charge in [0, 0.05) is 57.0 Å². The molecule has 12 heteroatoms. The highest BCUT2D eigenvalue weighted by molar-refractivity contribution is 6.31. The van der Waals surface area contributed by atoms with E-state index in [9.17, 15) is 14.7 Å². The molecular formula is C49H56Cl2O10. The average molecular weight is 876 g/mol. The highest BCUT2D eigenvalue weighted by Gasteiger charge is 2.37. The SMILES string of the molecule is CCOC(=O)CC/C=C\CC1COC(c2ccccc2Cl)OC1c1ccccc1O.CCOC(=O)CC/C=C\CC1COC(c2ccccc2Cl)OC1c1ccccc1OC. The Morgan fingerprint density at radius 3 is 1.51 bits per heavy atom. The predicted molar refractivity (Wildman–Crippen MR) is 235 cm³/mol. The Morgan fingerprint density at radius 2 is 1.05 bits per heavy atom. The molecule has 4 aromatic carbocycles. The van der Waals surface area contributed by atoms with Crippen LogP contribution in [-0.4, -0.2) is 50.6 Å². The number of rotatable bonds is 17. The van der Waals surface area contributed by atoms with Gasteiger partial charge in [-0.15, -0.1) is 0 Å². The van der Waals surface area contributed by atoms with E-state index in [1.165, 1.54) is 0 Å². The number of esters is 2. The van der Waals surface area contributed by atoms with Crippen molar-refractivity contribution in [2.24, 2.45) is 11.8 Å². The van der Waals surface area contributed by atoms with Crippen LogP contribution in [0.5, 0.6) is 11.5 Å². The standard InChI is InChI=1S/C25H29ClO5.C24H27ClO5/c1-3-29-23(27)16-6-4-5-11-18-17-30-25(19-12-7-9-14-21(19)26)31-24(18)20-13-8-10-15-22(20)28-2;1-2-28-22(27)15-5-3-4-10-17-16-29-24(18-11-6-8-13-20(18)25)30-23(17)19-12-7-9-14-21(19)26/h4-5,7-10,12-15,18,24-25H,3,6,11,16-17H2,1-2H3;3-4,6-9,11-14,17,23-24,26H,2,5,10,15-16H2,1H3/b5-4-;4-3-. The van der Waals surface area contributed by atoms with Gasteiger partial charge in [0.1, 0.15) is 11.5 Å². The molecule has 0 radical (unpaired) electrons. The minimum atomic E-state index is -0.604. The number of phenolic OH excluding ortho intramolecular Hbond substituents is 1. The zero-order chi connectivity index (χ0) is 43.4. The number of methoxy groups -OCH3 is 1. The fraction of sp³-hybridized carbons (Fsp3) is 0.388. The van der Waals surface area contributed by atoms with Gasteiger partial charge in [-0.25, -0.2) is 0 Å². The summed E-state index contributed by atoms with van der Waals surface area (Å²) in [5.41, 5.74) is 3.29. The number of allylic oxidation sites excluding steroid dienone is 4. The Balaban J connectivity index is 0.000000231. The lowest BCUT2D eigenvalue weighted by Crippen LogP contribution is -2.30. The molecule has 6 unspecified atom stereocenters. The molecule has 4 aromatic rings. The predicted octanol–water partition coefficient (Wildman–Crippen LogP) is 11.8. The Hall–Kier alpha value is -4.68. The summed E-state index contributed by atoms with van der Waals surface area (Å²) in [4.78, 5) is 22.9. The molecule has 0 aromatic heterocycles. The molecule has 6 rings (SSSR count). The monoisotopic (exact) mass is 874 g/mol. The molecule has 0 saturated carbocycles. The first-order valence-electron chi connectivity index (χ1n) is 20.8. The normalized spacial score (nSPS) is 21.4. The number of para-hydroxylation sites is 2. The lowest BCUT2D eigenvalue weighted by Gasteiger charge is -2.37. The summed E-state index contributed by atoms with van der Waals surface area (Å²) in [6.45, 7) is 5.38. The Kier molecular flexibility index (Phi) is 19.6. The molecule has 2 heterocycles. The summed E-state index contributed by atoms with van der Waals surface area (Å²) in [7, 11) is 1.66. The molecule has 61 heavy (non-hydrogen) atoms. The van der Waals surface area contributed by atoms with Crippen molar-refractivity contribution < 1.29 is 47.9 Å². The lowest BCUT2D eigenvalue weighted by molar-refractivity contribution is -0.244. The van der Waals surface area contributed by atoms with Crippen LogP contribution in [0.3, 0.4) is 0 Å². The van der Waals surface area contributed by atoms with Gasteiger partial charge >= 0.3 is 11.9 Å². The molecule has 2 saturated heterocycles. The van der Waals surface area contributed by atoms with Crippen molar-refractivity contribution in [1.82, 2.24) is 0 Å². The van der Waals surface area contributed by atoms with Crippen LogP contribution in [0.15, 0.2) is 121 Å². The second-order valence-corrected chi connectivity index (χ2v) is 15.2. The quantitative estimate of drug-likeness (QED) is 0.0811. The molecule has 2 fully saturated rings. The smallest absolute Gasteiger partial charge is 0.306 e. The first-order valence-corrected chi connectivity index (χ1v) is 21.5. The Morgan fingerprint density at radius 1 is 0.623 bits per heavy atom. The zero-order valence-corrected chi connectivity index (χ0v) is 36.5. The number of halogens is 2. The van der Waals surface area contributed by atoms with Crippen molar-refractivity contribution in [3.05, 3.63) is 154 Å². The Bertz CT molecular complexity index is 2040. The van der Waals surface area contributed by atoms with Gasteiger partial charge in [-0.2, -0.15) is 0 Å². The number of hydrogen-bond acceptors (Lipinski definition) is 10. The molecule has 0 bridgehead atoms. The van der Waals surface area contributed by atoms with Gasteiger partial charge in [0.05, 0.1) is 45.7 Å². The summed E-state index contributed by atoms with van der Waals surface area (Å²) >= 11 is 12.7. The van der Waals surface area contributed by atoms with E-state index in [-0.39, 0.29) is 41.7 Å². The van der Waals surface area contributed by atoms with Crippen LogP contribution in [0.1, 0.15) is 99.4 Å². The van der Waals surface area contributed by atoms with Gasteiger partial charge in [-0.1, -0.05) is 120 Å². The van der Waals surface area contributed by atoms with Crippen molar-refractivity contribution in [1.29, 1.82) is 0 Å². The third kappa shape index (κ3) is 14.2. The second-order valence-electron chi connectivity index (χ2n) is 14.4. The minimum Gasteiger partial charge on any atom is -0.508 e. The molecule has 10 nitrogen and oxygen atoms in total. The van der Waals surface area contributed by atoms with Crippen LogP contribution in [0.4, 0.5) is 0 Å². The summed E-state index contributed by atoms with van der Waals surface area (Å²) in [6.07, 6.45) is 9.82. The van der Waals surface area contributed by atoms with Crippen molar-refractivity contribution in [3.8, 4) is 11.5 Å². The first kappa shape index (κ1) is 47.4. The molecule has 0 spiro atoms. The Labute approximate surface area is 369 Å². The van der Waals surface area contributed by atoms with Gasteiger partial charge in [0.2, 0.25) is 0 Å². The van der Waals surface area contributed by atoms with Crippen LogP contribution < -0.4 is 4.74 Å². The molecule has 1 N–H and O–H groups in total. The van der Waals surface area contributed by atoms with Crippen LogP contribution in [-0.2, 0) is 38.0 Å². The van der Waals surface area contributed by atoms with E-state index in [0.29, 0.717) is 68.6 Å². The number of phenols is 1. The second kappa shape index (κ2) is 25.3. The van der Waals surface area contributed by atoms with E-state index in [0.717, 1.165) is 34.4 Å². The topological polar surface area (TPSA) is 119 Å². The molecule has 6 atom stereocenters. The summed E-state index contributed by atoms with van der Waals surface area (Å²) < 4.78 is 40.2. The number of carbonyl (C=O) groups excluding carboxylic acids is 2. The van der Waals surface area contributed by atoms with E-state index in [1.807, 2.05) is 104 Å². The van der Waals surface area contributed by atoms with Crippen molar-refractivity contribution >= 4 is 35.1 Å². The third-order valence-electron chi connectivity index (χ3n) is 10.2. The summed E-state index contributed by atoms with van der Waals surface area (Å²) in [6, 6.07) is 30.1. The molecule has 0 aliphatic carbocycles. The van der Waals surface area contributed by atoms with Crippen molar-refractivity contribution in [3.63, 3.8) is 0 Å². The van der Waals surface area contributed by atoms with Gasteiger partial charge in [-0.05, 0) is 63.8 Å². The zero-order valence-electron chi connectivity index (χ0n) is 35.0. The molecule has 0 amide bonds. The lowest BCUT2D eigenvalue weighted by atomic mass is 9.91. The molecule has 326 valence electrons. The number of ether oxygens (including phenoxy) is 7. The van der Waals surface area contributed by atoms with Gasteiger partial charge in [0.15, 0.2) is 12.6 Å². The number of hydrogen-bond donors (Lipinski definition) is 1. The third-order valence-corrected chi connectivity index (χ3v) is 10.9. The van der Waals surface area contributed by atoms with Gasteiger partial charge in [0.25, 0.3) is 0 Å². The molecule has 2 aliphatic rings. The van der Waals surface area contributed by atoms with Crippen LogP contribution in [0.25, 0.3) is 0 Å². The van der Waals surface area contributed by atoms with E-state index in [4.69, 9.17) is 56.4 Å². The summed E-state index contributed by atoms with van der Waals surface area (Å²) in [5, 5.41) is 11.6. The maximum atomic E-state index is 11.5. The maximum absolute atomic E-state index is 11.5.